The summed E-state index contributed by atoms with van der Waals surface area (Å²) in [4.78, 5) is 0. The van der Waals surface area contributed by atoms with E-state index >= 15 is 0 Å². The molecule has 0 aliphatic heterocycles. The highest BCUT2D eigenvalue weighted by molar-refractivity contribution is 6.34. The molecule has 0 aromatic heterocycles. The molecule has 1 aromatic rings. The molecular formula is C9H8Cl2N2. The van der Waals surface area contributed by atoms with Gasteiger partial charge in [0.05, 0.1) is 12.5 Å². The zero-order valence-electron chi connectivity index (χ0n) is 6.80. The Balaban J connectivity index is 2.95. The van der Waals surface area contributed by atoms with E-state index in [-0.39, 0.29) is 12.5 Å². The monoisotopic (exact) mass is 214 g/mol. The van der Waals surface area contributed by atoms with Gasteiger partial charge < -0.3 is 5.73 Å². The molecule has 0 fully saturated rings. The highest BCUT2D eigenvalue weighted by Crippen LogP contribution is 2.23. The van der Waals surface area contributed by atoms with Gasteiger partial charge in [-0.25, -0.2) is 0 Å². The predicted molar refractivity (Wildman–Crippen MR) is 53.6 cm³/mol. The molecule has 68 valence electrons. The fourth-order valence-electron chi connectivity index (χ4n) is 1.01. The molecular weight excluding hydrogens is 207 g/mol. The van der Waals surface area contributed by atoms with Gasteiger partial charge in [0.15, 0.2) is 0 Å². The van der Waals surface area contributed by atoms with Crippen molar-refractivity contribution in [2.45, 2.75) is 12.5 Å². The van der Waals surface area contributed by atoms with Crippen LogP contribution in [-0.4, -0.2) is 0 Å². The maximum absolute atomic E-state index is 8.44. The van der Waals surface area contributed by atoms with Gasteiger partial charge in [-0.1, -0.05) is 23.2 Å². The summed E-state index contributed by atoms with van der Waals surface area (Å²) < 4.78 is 0. The normalized spacial score (nSPS) is 12.2. The van der Waals surface area contributed by atoms with Crippen molar-refractivity contribution in [2.24, 2.45) is 5.73 Å². The lowest BCUT2D eigenvalue weighted by atomic mass is 10.1. The molecule has 0 radical (unpaired) electrons. The van der Waals surface area contributed by atoms with Crippen molar-refractivity contribution >= 4 is 23.2 Å². The first-order valence-electron chi connectivity index (χ1n) is 3.72. The Hall–Kier alpha value is -0.750. The zero-order chi connectivity index (χ0) is 9.84. The van der Waals surface area contributed by atoms with Gasteiger partial charge in [0.2, 0.25) is 0 Å². The largest absolute Gasteiger partial charge is 0.323 e. The Morgan fingerprint density at radius 3 is 2.31 bits per heavy atom. The van der Waals surface area contributed by atoms with Crippen LogP contribution in [0.2, 0.25) is 10.0 Å². The van der Waals surface area contributed by atoms with Crippen molar-refractivity contribution in [1.29, 1.82) is 5.26 Å². The van der Waals surface area contributed by atoms with Crippen molar-refractivity contribution in [1.82, 2.24) is 0 Å². The fourth-order valence-corrected chi connectivity index (χ4v) is 1.55. The van der Waals surface area contributed by atoms with Gasteiger partial charge in [-0.15, -0.1) is 0 Å². The Labute approximate surface area is 86.9 Å². The number of halogens is 2. The second-order valence-corrected chi connectivity index (χ2v) is 3.54. The molecule has 2 N–H and O–H groups in total. The second-order valence-electron chi connectivity index (χ2n) is 2.67. The van der Waals surface area contributed by atoms with Crippen molar-refractivity contribution in [3.8, 4) is 6.07 Å². The lowest BCUT2D eigenvalue weighted by Gasteiger charge is -2.08. The minimum Gasteiger partial charge on any atom is -0.323 e. The van der Waals surface area contributed by atoms with Gasteiger partial charge in [0.1, 0.15) is 0 Å². The Kier molecular flexibility index (Phi) is 3.56. The number of nitrogens with two attached hydrogens (primary N) is 1. The quantitative estimate of drug-likeness (QED) is 0.824. The summed E-state index contributed by atoms with van der Waals surface area (Å²) in [6.07, 6.45) is 0.261. The van der Waals surface area contributed by atoms with Gasteiger partial charge in [-0.05, 0) is 23.8 Å². The van der Waals surface area contributed by atoms with Crippen LogP contribution in [0, 0.1) is 11.3 Å². The van der Waals surface area contributed by atoms with Gasteiger partial charge >= 0.3 is 0 Å². The van der Waals surface area contributed by atoms with Gasteiger partial charge in [-0.3, -0.25) is 0 Å². The smallest absolute Gasteiger partial charge is 0.0641 e. The molecule has 4 heteroatoms. The Bertz CT molecular complexity index is 324. The summed E-state index contributed by atoms with van der Waals surface area (Å²) >= 11 is 11.5. The fraction of sp³-hybridized carbons (Fsp3) is 0.222. The average molecular weight is 215 g/mol. The summed E-state index contributed by atoms with van der Waals surface area (Å²) in [6, 6.07) is 6.74. The van der Waals surface area contributed by atoms with Gasteiger partial charge in [0, 0.05) is 16.1 Å². The number of hydrogen-bond donors (Lipinski definition) is 1. The molecule has 1 atom stereocenters. The van der Waals surface area contributed by atoms with E-state index in [0.717, 1.165) is 5.56 Å². The van der Waals surface area contributed by atoms with Crippen LogP contribution in [0.3, 0.4) is 0 Å². The molecule has 0 spiro atoms. The van der Waals surface area contributed by atoms with Gasteiger partial charge in [-0.2, -0.15) is 5.26 Å². The summed E-state index contributed by atoms with van der Waals surface area (Å²) in [7, 11) is 0. The lowest BCUT2D eigenvalue weighted by Crippen LogP contribution is -2.08. The number of benzene rings is 1. The first-order valence-corrected chi connectivity index (χ1v) is 4.47. The maximum atomic E-state index is 8.44. The van der Waals surface area contributed by atoms with Crippen LogP contribution in [0.1, 0.15) is 18.0 Å². The summed E-state index contributed by atoms with van der Waals surface area (Å²) in [5.41, 5.74) is 6.49. The molecule has 13 heavy (non-hydrogen) atoms. The number of hydrogen-bond acceptors (Lipinski definition) is 2. The van der Waals surface area contributed by atoms with Gasteiger partial charge in [0.25, 0.3) is 0 Å². The van der Waals surface area contributed by atoms with Crippen molar-refractivity contribution in [3.05, 3.63) is 33.8 Å². The van der Waals surface area contributed by atoms with Crippen molar-refractivity contribution < 1.29 is 0 Å². The SMILES string of the molecule is N#CCC(N)c1cc(Cl)cc(Cl)c1. The standard InChI is InChI=1S/C9H8Cl2N2/c10-7-3-6(4-8(11)5-7)9(13)1-2-12/h3-5,9H,1,13H2. The number of nitriles is 1. The van der Waals surface area contributed by atoms with E-state index < -0.39 is 0 Å². The van der Waals surface area contributed by atoms with Crippen LogP contribution in [0.25, 0.3) is 0 Å². The van der Waals surface area contributed by atoms with Crippen LogP contribution in [-0.2, 0) is 0 Å². The third kappa shape index (κ3) is 2.89. The van der Waals surface area contributed by atoms with Crippen LogP contribution >= 0.6 is 23.2 Å². The molecule has 1 unspecified atom stereocenters. The summed E-state index contributed by atoms with van der Waals surface area (Å²) in [6.45, 7) is 0. The third-order valence-corrected chi connectivity index (χ3v) is 2.06. The Morgan fingerprint density at radius 2 is 1.85 bits per heavy atom. The van der Waals surface area contributed by atoms with Crippen molar-refractivity contribution in [3.63, 3.8) is 0 Å². The first kappa shape index (κ1) is 10.3. The van der Waals surface area contributed by atoms with E-state index in [1.54, 1.807) is 18.2 Å². The molecule has 0 bridgehead atoms. The highest BCUT2D eigenvalue weighted by Gasteiger charge is 2.06. The lowest BCUT2D eigenvalue weighted by molar-refractivity contribution is 0.749. The minimum atomic E-state index is -0.318. The van der Waals surface area contributed by atoms with E-state index in [2.05, 4.69) is 0 Å². The zero-order valence-corrected chi connectivity index (χ0v) is 8.31. The van der Waals surface area contributed by atoms with E-state index in [9.17, 15) is 0 Å². The third-order valence-electron chi connectivity index (χ3n) is 1.62. The van der Waals surface area contributed by atoms with Crippen LogP contribution in [0.5, 0.6) is 0 Å². The molecule has 2 nitrogen and oxygen atoms in total. The summed E-state index contributed by atoms with van der Waals surface area (Å²) in [5, 5.41) is 9.52. The van der Waals surface area contributed by atoms with Crippen LogP contribution < -0.4 is 5.73 Å². The Morgan fingerprint density at radius 1 is 1.31 bits per heavy atom. The van der Waals surface area contributed by atoms with E-state index in [1.807, 2.05) is 6.07 Å². The molecule has 0 saturated carbocycles. The highest BCUT2D eigenvalue weighted by atomic mass is 35.5. The number of nitrogens with zero attached hydrogens (tertiary/aromatic N) is 1. The number of rotatable bonds is 2. The van der Waals surface area contributed by atoms with E-state index in [1.165, 1.54) is 0 Å². The van der Waals surface area contributed by atoms with Crippen molar-refractivity contribution in [2.75, 3.05) is 0 Å². The van der Waals surface area contributed by atoms with E-state index in [0.29, 0.717) is 10.0 Å². The topological polar surface area (TPSA) is 49.8 Å². The molecule has 0 aliphatic carbocycles. The molecule has 1 aromatic carbocycles. The molecule has 0 amide bonds. The first-order chi connectivity index (χ1) is 6.13. The van der Waals surface area contributed by atoms with Crippen LogP contribution in [0.4, 0.5) is 0 Å². The summed E-state index contributed by atoms with van der Waals surface area (Å²) in [5.74, 6) is 0. The minimum absolute atomic E-state index is 0.261. The molecule has 0 aliphatic rings. The van der Waals surface area contributed by atoms with Crippen LogP contribution in [0.15, 0.2) is 18.2 Å². The molecule has 0 saturated heterocycles. The van der Waals surface area contributed by atoms with E-state index in [4.69, 9.17) is 34.2 Å². The average Bonchev–Trinajstić information content (AvgIpc) is 2.03. The predicted octanol–water partition coefficient (Wildman–Crippen LogP) is 2.91. The maximum Gasteiger partial charge on any atom is 0.0641 e. The molecule has 1 rings (SSSR count). The second kappa shape index (κ2) is 4.48. The molecule has 0 heterocycles.